The molecule has 1 aliphatic carbocycles. The number of aromatic nitrogens is 2. The number of amides is 2. The summed E-state index contributed by atoms with van der Waals surface area (Å²) in [7, 11) is 0. The molecule has 0 unspecified atom stereocenters. The molecular formula is C19H22N4O3. The van der Waals surface area contributed by atoms with E-state index in [1.165, 1.54) is 0 Å². The summed E-state index contributed by atoms with van der Waals surface area (Å²) in [5.41, 5.74) is 6.38. The number of hydrogen-bond donors (Lipinski definition) is 1. The second-order valence-corrected chi connectivity index (χ2v) is 7.78. The Kier molecular flexibility index (Phi) is 3.37. The highest BCUT2D eigenvalue weighted by Crippen LogP contribution is 2.43. The Morgan fingerprint density at radius 2 is 2.15 bits per heavy atom. The van der Waals surface area contributed by atoms with Crippen molar-refractivity contribution in [3.63, 3.8) is 0 Å². The smallest absolute Gasteiger partial charge is 0.274 e. The van der Waals surface area contributed by atoms with Gasteiger partial charge >= 0.3 is 0 Å². The van der Waals surface area contributed by atoms with Crippen molar-refractivity contribution in [3.05, 3.63) is 35.9 Å². The summed E-state index contributed by atoms with van der Waals surface area (Å²) < 4.78 is 7.57. The first-order chi connectivity index (χ1) is 12.6. The molecule has 2 aromatic heterocycles. The number of carbonyl (C=O) groups is 2. The van der Waals surface area contributed by atoms with Gasteiger partial charge in [0.15, 0.2) is 5.69 Å². The van der Waals surface area contributed by atoms with E-state index in [4.69, 9.17) is 15.5 Å². The first-order valence-electron chi connectivity index (χ1n) is 9.24. The number of nitrogens with zero attached hydrogens (tertiary/aromatic N) is 3. The van der Waals surface area contributed by atoms with Gasteiger partial charge in [-0.1, -0.05) is 6.07 Å². The highest BCUT2D eigenvalue weighted by molar-refractivity contribution is 6.00. The molecule has 2 atom stereocenters. The number of rotatable bonds is 3. The second-order valence-electron chi connectivity index (χ2n) is 7.78. The third-order valence-corrected chi connectivity index (χ3v) is 6.21. The van der Waals surface area contributed by atoms with E-state index < -0.39 is 5.41 Å². The summed E-state index contributed by atoms with van der Waals surface area (Å²) in [4.78, 5) is 31.9. The third-order valence-electron chi connectivity index (χ3n) is 6.21. The molecule has 0 spiro atoms. The van der Waals surface area contributed by atoms with Crippen molar-refractivity contribution in [2.24, 2.45) is 17.1 Å². The van der Waals surface area contributed by atoms with Crippen molar-refractivity contribution in [2.75, 3.05) is 26.3 Å². The number of ether oxygens (including phenoxy) is 1. The molecular weight excluding hydrogens is 332 g/mol. The lowest BCUT2D eigenvalue weighted by molar-refractivity contribution is -0.135. The van der Waals surface area contributed by atoms with Crippen LogP contribution in [-0.2, 0) is 9.53 Å². The molecule has 2 aliphatic heterocycles. The van der Waals surface area contributed by atoms with Crippen LogP contribution in [0, 0.1) is 11.3 Å². The quantitative estimate of drug-likeness (QED) is 0.896. The maximum absolute atomic E-state index is 13.3. The van der Waals surface area contributed by atoms with Crippen molar-refractivity contribution in [1.29, 1.82) is 0 Å². The second kappa shape index (κ2) is 5.54. The molecule has 4 heterocycles. The molecule has 2 N–H and O–H groups in total. The van der Waals surface area contributed by atoms with Crippen molar-refractivity contribution in [2.45, 2.75) is 25.2 Å². The van der Waals surface area contributed by atoms with Crippen LogP contribution in [0.5, 0.6) is 0 Å². The predicted molar refractivity (Wildman–Crippen MR) is 93.6 cm³/mol. The van der Waals surface area contributed by atoms with E-state index in [1.807, 2.05) is 28.8 Å². The molecule has 26 heavy (non-hydrogen) atoms. The maximum atomic E-state index is 13.3. The van der Waals surface area contributed by atoms with Gasteiger partial charge in [-0.25, -0.2) is 4.98 Å². The highest BCUT2D eigenvalue weighted by atomic mass is 16.5. The Labute approximate surface area is 151 Å². The molecule has 2 amide bonds. The van der Waals surface area contributed by atoms with Crippen LogP contribution in [0.3, 0.4) is 0 Å². The molecule has 3 fully saturated rings. The minimum Gasteiger partial charge on any atom is -0.381 e. The largest absolute Gasteiger partial charge is 0.381 e. The SMILES string of the molecule is NC(=O)[C@]12CCOC[C@H]1CN(C(=O)c1nc(C3CC3)n3ccccc13)C2. The van der Waals surface area contributed by atoms with E-state index in [0.717, 1.165) is 24.2 Å². The maximum Gasteiger partial charge on any atom is 0.274 e. The number of hydrogen-bond acceptors (Lipinski definition) is 4. The van der Waals surface area contributed by atoms with Gasteiger partial charge in [0.2, 0.25) is 5.91 Å². The number of pyridine rings is 1. The fourth-order valence-electron chi connectivity index (χ4n) is 4.51. The highest BCUT2D eigenvalue weighted by Gasteiger charge is 2.54. The third kappa shape index (κ3) is 2.19. The molecule has 2 saturated heterocycles. The number of fused-ring (bicyclic) bond motifs is 2. The van der Waals surface area contributed by atoms with Crippen LogP contribution in [0.1, 0.15) is 41.5 Å². The molecule has 7 heteroatoms. The van der Waals surface area contributed by atoms with Crippen LogP contribution in [-0.4, -0.2) is 52.4 Å². The van der Waals surface area contributed by atoms with E-state index in [0.29, 0.717) is 44.3 Å². The van der Waals surface area contributed by atoms with Crippen molar-refractivity contribution >= 4 is 17.3 Å². The van der Waals surface area contributed by atoms with Gasteiger partial charge in [0.1, 0.15) is 5.82 Å². The van der Waals surface area contributed by atoms with Gasteiger partial charge in [-0.05, 0) is 31.4 Å². The molecule has 5 rings (SSSR count). The van der Waals surface area contributed by atoms with Crippen molar-refractivity contribution < 1.29 is 14.3 Å². The molecule has 136 valence electrons. The molecule has 2 aromatic rings. The predicted octanol–water partition coefficient (Wildman–Crippen LogP) is 1.18. The Bertz CT molecular complexity index is 903. The van der Waals surface area contributed by atoms with Gasteiger partial charge in [0.25, 0.3) is 5.91 Å². The Hall–Kier alpha value is -2.41. The lowest BCUT2D eigenvalue weighted by Crippen LogP contribution is -2.48. The number of carbonyl (C=O) groups excluding carboxylic acids is 2. The van der Waals surface area contributed by atoms with E-state index in [2.05, 4.69) is 0 Å². The van der Waals surface area contributed by atoms with Crippen LogP contribution in [0.25, 0.3) is 5.52 Å². The average molecular weight is 354 g/mol. The van der Waals surface area contributed by atoms with Crippen molar-refractivity contribution in [1.82, 2.24) is 14.3 Å². The zero-order valence-electron chi connectivity index (χ0n) is 14.6. The Morgan fingerprint density at radius 1 is 1.31 bits per heavy atom. The van der Waals surface area contributed by atoms with Crippen LogP contribution >= 0.6 is 0 Å². The summed E-state index contributed by atoms with van der Waals surface area (Å²) in [5, 5.41) is 0. The standard InChI is InChI=1S/C19H22N4O3/c20-18(25)19-6-8-26-10-13(19)9-22(11-19)17(24)15-14-3-1-2-7-23(14)16(21-15)12-4-5-12/h1-3,7,12-13H,4-6,8-11H2,(H2,20,25)/t13-,19+/m1/s1. The minimum absolute atomic E-state index is 0.0329. The summed E-state index contributed by atoms with van der Waals surface area (Å²) in [6.45, 7) is 1.84. The molecule has 3 aliphatic rings. The summed E-state index contributed by atoms with van der Waals surface area (Å²) >= 11 is 0. The fraction of sp³-hybridized carbons (Fsp3) is 0.526. The molecule has 7 nitrogen and oxygen atoms in total. The van der Waals surface area contributed by atoms with Crippen LogP contribution in [0.2, 0.25) is 0 Å². The summed E-state index contributed by atoms with van der Waals surface area (Å²) in [5.74, 6) is 0.936. The van der Waals surface area contributed by atoms with Crippen LogP contribution < -0.4 is 5.73 Å². The zero-order valence-corrected chi connectivity index (χ0v) is 14.6. The fourth-order valence-corrected chi connectivity index (χ4v) is 4.51. The number of imidazole rings is 1. The van der Waals surface area contributed by atoms with Gasteiger partial charge in [-0.2, -0.15) is 0 Å². The van der Waals surface area contributed by atoms with Gasteiger partial charge < -0.3 is 19.8 Å². The Balaban J connectivity index is 1.51. The monoisotopic (exact) mass is 354 g/mol. The van der Waals surface area contributed by atoms with E-state index in [1.54, 1.807) is 4.90 Å². The van der Waals surface area contributed by atoms with E-state index in [9.17, 15) is 9.59 Å². The Morgan fingerprint density at radius 3 is 2.88 bits per heavy atom. The van der Waals surface area contributed by atoms with Crippen LogP contribution in [0.4, 0.5) is 0 Å². The normalized spacial score (nSPS) is 28.3. The zero-order chi connectivity index (χ0) is 17.9. The van der Waals surface area contributed by atoms with Gasteiger partial charge in [-0.15, -0.1) is 0 Å². The molecule has 0 aromatic carbocycles. The van der Waals surface area contributed by atoms with Gasteiger partial charge in [0, 0.05) is 37.7 Å². The first-order valence-corrected chi connectivity index (χ1v) is 9.24. The summed E-state index contributed by atoms with van der Waals surface area (Å²) in [6, 6.07) is 5.81. The van der Waals surface area contributed by atoms with E-state index in [-0.39, 0.29) is 17.7 Å². The van der Waals surface area contributed by atoms with E-state index >= 15 is 0 Å². The van der Waals surface area contributed by atoms with Gasteiger partial charge in [-0.3, -0.25) is 9.59 Å². The number of primary amides is 1. The van der Waals surface area contributed by atoms with Crippen LogP contribution in [0.15, 0.2) is 24.4 Å². The topological polar surface area (TPSA) is 89.9 Å². The molecule has 0 radical (unpaired) electrons. The molecule has 0 bridgehead atoms. The number of likely N-dealkylation sites (tertiary alicyclic amines) is 1. The lowest BCUT2D eigenvalue weighted by Gasteiger charge is -2.34. The number of nitrogens with two attached hydrogens (primary N) is 1. The van der Waals surface area contributed by atoms with Crippen molar-refractivity contribution in [3.8, 4) is 0 Å². The van der Waals surface area contributed by atoms with Gasteiger partial charge in [0.05, 0.1) is 17.5 Å². The molecule has 1 saturated carbocycles. The minimum atomic E-state index is -0.664. The lowest BCUT2D eigenvalue weighted by atomic mass is 9.74. The average Bonchev–Trinajstić information content (AvgIpc) is 3.30. The summed E-state index contributed by atoms with van der Waals surface area (Å²) in [6.07, 6.45) is 4.79. The first kappa shape index (κ1) is 15.8.